The van der Waals surface area contributed by atoms with E-state index in [2.05, 4.69) is 21.2 Å². The van der Waals surface area contributed by atoms with Crippen molar-refractivity contribution in [3.05, 3.63) is 52.0 Å². The quantitative estimate of drug-likeness (QED) is 0.613. The van der Waals surface area contributed by atoms with E-state index < -0.39 is 18.3 Å². The minimum Gasteiger partial charge on any atom is -0.444 e. The van der Waals surface area contributed by atoms with E-state index >= 15 is 0 Å². The Bertz CT molecular complexity index is 819. The van der Waals surface area contributed by atoms with E-state index in [1.54, 1.807) is 39.0 Å². The summed E-state index contributed by atoms with van der Waals surface area (Å²) in [5.74, 6) is 0.0767. The van der Waals surface area contributed by atoms with Crippen molar-refractivity contribution in [2.45, 2.75) is 46.5 Å². The highest BCUT2D eigenvalue weighted by Crippen LogP contribution is 2.39. The number of alkyl halides is 2. The number of para-hydroxylation sites is 1. The van der Waals surface area contributed by atoms with Crippen LogP contribution < -0.4 is 10.1 Å². The Morgan fingerprint density at radius 2 is 1.78 bits per heavy atom. The van der Waals surface area contributed by atoms with E-state index in [0.29, 0.717) is 10.0 Å². The molecule has 1 N–H and O–H groups in total. The third-order valence-corrected chi connectivity index (χ3v) is 4.36. The number of carbonyl (C=O) groups is 1. The summed E-state index contributed by atoms with van der Waals surface area (Å²) in [5, 5.41) is 2.71. The minimum absolute atomic E-state index is 0.0767. The molecule has 0 radical (unpaired) electrons. The molecule has 0 saturated heterocycles. The summed E-state index contributed by atoms with van der Waals surface area (Å²) < 4.78 is 36.0. The van der Waals surface area contributed by atoms with Gasteiger partial charge in [0, 0.05) is 12.1 Å². The smallest absolute Gasteiger partial charge is 0.407 e. The van der Waals surface area contributed by atoms with Crippen LogP contribution in [0.1, 0.15) is 31.9 Å². The maximum atomic E-state index is 12.8. The average Bonchev–Trinajstić information content (AvgIpc) is 2.54. The number of alkyl carbamates (subject to hydrolysis) is 1. The molecule has 0 saturated carbocycles. The van der Waals surface area contributed by atoms with Gasteiger partial charge in [0.1, 0.15) is 11.4 Å². The van der Waals surface area contributed by atoms with Gasteiger partial charge in [-0.25, -0.2) is 4.79 Å². The fourth-order valence-corrected chi connectivity index (χ4v) is 3.04. The van der Waals surface area contributed by atoms with Crippen LogP contribution in [0.5, 0.6) is 5.75 Å². The number of nitrogens with one attached hydrogen (secondary N) is 1. The van der Waals surface area contributed by atoms with Crippen molar-refractivity contribution in [1.82, 2.24) is 5.32 Å². The molecule has 146 valence electrons. The zero-order valence-corrected chi connectivity index (χ0v) is 17.2. The third kappa shape index (κ3) is 5.92. The zero-order valence-electron chi connectivity index (χ0n) is 15.6. The molecule has 0 aliphatic heterocycles. The Hall–Kier alpha value is -2.15. The standard InChI is InChI=1S/C20H22BrF2NO3/c1-12-13(11-24-19(25)27-20(2,3)4)7-5-8-14(12)15-9-6-10-16(21)17(15)26-18(22)23/h5-10,18H,11H2,1-4H3,(H,24,25). The summed E-state index contributed by atoms with van der Waals surface area (Å²) in [6, 6.07) is 10.6. The van der Waals surface area contributed by atoms with Crippen molar-refractivity contribution >= 4 is 22.0 Å². The maximum absolute atomic E-state index is 12.8. The molecule has 0 aliphatic rings. The van der Waals surface area contributed by atoms with Crippen LogP contribution in [-0.2, 0) is 11.3 Å². The number of rotatable bonds is 5. The molecule has 2 aromatic carbocycles. The Kier molecular flexibility index (Phi) is 6.81. The molecule has 2 rings (SSSR count). The van der Waals surface area contributed by atoms with Crippen molar-refractivity contribution in [3.63, 3.8) is 0 Å². The van der Waals surface area contributed by atoms with Gasteiger partial charge in [-0.05, 0) is 66.4 Å². The van der Waals surface area contributed by atoms with Gasteiger partial charge >= 0.3 is 12.7 Å². The van der Waals surface area contributed by atoms with Crippen LogP contribution in [0.25, 0.3) is 11.1 Å². The molecule has 0 heterocycles. The van der Waals surface area contributed by atoms with E-state index in [9.17, 15) is 13.6 Å². The molecular formula is C20H22BrF2NO3. The van der Waals surface area contributed by atoms with Gasteiger partial charge in [0.2, 0.25) is 0 Å². The molecular weight excluding hydrogens is 420 g/mol. The molecule has 1 amide bonds. The summed E-state index contributed by atoms with van der Waals surface area (Å²) in [5.41, 5.74) is 2.41. The van der Waals surface area contributed by atoms with Gasteiger partial charge in [-0.3, -0.25) is 0 Å². The topological polar surface area (TPSA) is 47.6 Å². The minimum atomic E-state index is -2.93. The highest BCUT2D eigenvalue weighted by atomic mass is 79.9. The van der Waals surface area contributed by atoms with Crippen LogP contribution in [0, 0.1) is 6.92 Å². The summed E-state index contributed by atoms with van der Waals surface area (Å²) in [6.45, 7) is 4.56. The normalized spacial score (nSPS) is 11.4. The lowest BCUT2D eigenvalue weighted by Gasteiger charge is -2.20. The molecule has 0 unspecified atom stereocenters. The Morgan fingerprint density at radius 1 is 1.15 bits per heavy atom. The predicted molar refractivity (Wildman–Crippen MR) is 104 cm³/mol. The van der Waals surface area contributed by atoms with Gasteiger partial charge in [0.05, 0.1) is 4.47 Å². The molecule has 0 spiro atoms. The van der Waals surface area contributed by atoms with E-state index in [1.807, 2.05) is 25.1 Å². The first-order chi connectivity index (χ1) is 12.6. The lowest BCUT2D eigenvalue weighted by atomic mass is 9.96. The van der Waals surface area contributed by atoms with E-state index in [1.165, 1.54) is 0 Å². The van der Waals surface area contributed by atoms with Crippen molar-refractivity contribution in [3.8, 4) is 16.9 Å². The number of amides is 1. The number of hydrogen-bond donors (Lipinski definition) is 1. The Morgan fingerprint density at radius 3 is 2.41 bits per heavy atom. The largest absolute Gasteiger partial charge is 0.444 e. The molecule has 7 heteroatoms. The van der Waals surface area contributed by atoms with Crippen LogP contribution in [0.2, 0.25) is 0 Å². The second-order valence-electron chi connectivity index (χ2n) is 6.94. The molecule has 0 atom stereocenters. The van der Waals surface area contributed by atoms with Crippen LogP contribution in [0.4, 0.5) is 13.6 Å². The number of hydrogen-bond acceptors (Lipinski definition) is 3. The average molecular weight is 442 g/mol. The zero-order chi connectivity index (χ0) is 20.2. The first-order valence-electron chi connectivity index (χ1n) is 8.37. The molecule has 0 fully saturated rings. The van der Waals surface area contributed by atoms with E-state index in [0.717, 1.165) is 16.7 Å². The Labute approximate surface area is 166 Å². The second-order valence-corrected chi connectivity index (χ2v) is 7.79. The summed E-state index contributed by atoms with van der Waals surface area (Å²) in [7, 11) is 0. The number of ether oxygens (including phenoxy) is 2. The van der Waals surface area contributed by atoms with Gasteiger partial charge in [0.25, 0.3) is 0 Å². The van der Waals surface area contributed by atoms with Gasteiger partial charge in [-0.1, -0.05) is 30.3 Å². The SMILES string of the molecule is Cc1c(CNC(=O)OC(C)(C)C)cccc1-c1cccc(Br)c1OC(F)F. The first-order valence-corrected chi connectivity index (χ1v) is 9.17. The molecule has 0 aliphatic carbocycles. The van der Waals surface area contributed by atoms with Gasteiger partial charge in [-0.2, -0.15) is 8.78 Å². The monoisotopic (exact) mass is 441 g/mol. The van der Waals surface area contributed by atoms with Crippen molar-refractivity contribution in [2.75, 3.05) is 0 Å². The maximum Gasteiger partial charge on any atom is 0.407 e. The number of carbonyl (C=O) groups excluding carboxylic acids is 1. The lowest BCUT2D eigenvalue weighted by Crippen LogP contribution is -2.32. The molecule has 0 bridgehead atoms. The fourth-order valence-electron chi connectivity index (χ4n) is 2.58. The third-order valence-electron chi connectivity index (χ3n) is 3.73. The van der Waals surface area contributed by atoms with Crippen molar-refractivity contribution < 1.29 is 23.0 Å². The van der Waals surface area contributed by atoms with E-state index in [4.69, 9.17) is 9.47 Å². The predicted octanol–water partition coefficient (Wildman–Crippen LogP) is 6.05. The highest BCUT2D eigenvalue weighted by molar-refractivity contribution is 9.10. The van der Waals surface area contributed by atoms with Crippen molar-refractivity contribution in [2.24, 2.45) is 0 Å². The van der Waals surface area contributed by atoms with Gasteiger partial charge < -0.3 is 14.8 Å². The summed E-state index contributed by atoms with van der Waals surface area (Å²) in [4.78, 5) is 11.9. The number of halogens is 3. The summed E-state index contributed by atoms with van der Waals surface area (Å²) in [6.07, 6.45) is -0.517. The van der Waals surface area contributed by atoms with Gasteiger partial charge in [-0.15, -0.1) is 0 Å². The van der Waals surface area contributed by atoms with E-state index in [-0.39, 0.29) is 12.3 Å². The highest BCUT2D eigenvalue weighted by Gasteiger charge is 2.18. The summed E-state index contributed by atoms with van der Waals surface area (Å²) >= 11 is 3.26. The Balaban J connectivity index is 2.30. The second kappa shape index (κ2) is 8.69. The van der Waals surface area contributed by atoms with Crippen LogP contribution >= 0.6 is 15.9 Å². The van der Waals surface area contributed by atoms with Crippen LogP contribution in [0.15, 0.2) is 40.9 Å². The van der Waals surface area contributed by atoms with Crippen molar-refractivity contribution in [1.29, 1.82) is 0 Å². The molecule has 27 heavy (non-hydrogen) atoms. The number of benzene rings is 2. The van der Waals surface area contributed by atoms with Crippen LogP contribution in [0.3, 0.4) is 0 Å². The molecule has 2 aromatic rings. The molecule has 4 nitrogen and oxygen atoms in total. The fraction of sp³-hybridized carbons (Fsp3) is 0.350. The lowest BCUT2D eigenvalue weighted by molar-refractivity contribution is -0.0499. The van der Waals surface area contributed by atoms with Crippen LogP contribution in [-0.4, -0.2) is 18.3 Å². The molecule has 0 aromatic heterocycles. The first kappa shape index (κ1) is 21.2. The van der Waals surface area contributed by atoms with Gasteiger partial charge in [0.15, 0.2) is 0 Å².